The number of nitrogens with zero attached hydrogens (tertiary/aromatic N) is 1. The minimum Gasteiger partial charge on any atom is -0.351 e. The van der Waals surface area contributed by atoms with Crippen LogP contribution in [-0.4, -0.2) is 25.4 Å². The van der Waals surface area contributed by atoms with E-state index >= 15 is 0 Å². The number of benzene rings is 1. The molecule has 21 heavy (non-hydrogen) atoms. The molecule has 1 aliphatic rings. The van der Waals surface area contributed by atoms with Gasteiger partial charge in [-0.15, -0.1) is 11.3 Å². The quantitative estimate of drug-likeness (QED) is 0.941. The van der Waals surface area contributed by atoms with Crippen LogP contribution in [0.1, 0.15) is 20.8 Å². The van der Waals surface area contributed by atoms with Crippen molar-refractivity contribution in [2.24, 2.45) is 0 Å². The summed E-state index contributed by atoms with van der Waals surface area (Å²) in [5.41, 5.74) is 3.21. The summed E-state index contributed by atoms with van der Waals surface area (Å²) in [5.74, 6) is 0.106. The molecule has 1 aliphatic heterocycles. The van der Waals surface area contributed by atoms with Crippen LogP contribution in [0, 0.1) is 0 Å². The summed E-state index contributed by atoms with van der Waals surface area (Å²) in [4.78, 5) is 25.9. The second kappa shape index (κ2) is 5.69. The van der Waals surface area contributed by atoms with E-state index in [1.54, 1.807) is 11.9 Å². The third-order valence-electron chi connectivity index (χ3n) is 3.67. The van der Waals surface area contributed by atoms with E-state index in [4.69, 9.17) is 0 Å². The van der Waals surface area contributed by atoms with E-state index < -0.39 is 0 Å². The first-order chi connectivity index (χ1) is 10.1. The maximum atomic E-state index is 11.8. The van der Waals surface area contributed by atoms with Gasteiger partial charge in [0.2, 0.25) is 5.91 Å². The van der Waals surface area contributed by atoms with E-state index in [1.165, 1.54) is 11.3 Å². The predicted molar refractivity (Wildman–Crippen MR) is 83.9 cm³/mol. The smallest absolute Gasteiger partial charge is 0.261 e. The van der Waals surface area contributed by atoms with E-state index in [0.29, 0.717) is 13.0 Å². The highest BCUT2D eigenvalue weighted by Gasteiger charge is 2.23. The molecule has 0 saturated carbocycles. The number of hydrogen-bond acceptors (Lipinski definition) is 3. The van der Waals surface area contributed by atoms with Gasteiger partial charge in [-0.25, -0.2) is 0 Å². The molecule has 0 bridgehead atoms. The molecule has 5 heteroatoms. The summed E-state index contributed by atoms with van der Waals surface area (Å²) in [5, 5.41) is 4.80. The van der Waals surface area contributed by atoms with Crippen LogP contribution in [0.3, 0.4) is 0 Å². The fraction of sp³-hybridized carbons (Fsp3) is 0.250. The zero-order chi connectivity index (χ0) is 14.8. The minimum absolute atomic E-state index is 0.0268. The number of thiophene rings is 1. The largest absolute Gasteiger partial charge is 0.351 e. The van der Waals surface area contributed by atoms with Gasteiger partial charge >= 0.3 is 0 Å². The zero-order valence-electron chi connectivity index (χ0n) is 11.8. The van der Waals surface area contributed by atoms with Crippen molar-refractivity contribution in [3.05, 3.63) is 51.7 Å². The number of anilines is 1. The Bertz CT molecular complexity index is 680. The predicted octanol–water partition coefficient (Wildman–Crippen LogP) is 2.24. The summed E-state index contributed by atoms with van der Waals surface area (Å²) in [6, 6.07) is 9.75. The van der Waals surface area contributed by atoms with Gasteiger partial charge in [-0.2, -0.15) is 0 Å². The second-order valence-electron chi connectivity index (χ2n) is 5.08. The molecule has 0 atom stereocenters. The summed E-state index contributed by atoms with van der Waals surface area (Å²) in [6.45, 7) is 0.597. The van der Waals surface area contributed by atoms with Gasteiger partial charge in [-0.3, -0.25) is 9.59 Å². The maximum absolute atomic E-state index is 11.8. The number of fused-ring (bicyclic) bond motifs is 1. The highest BCUT2D eigenvalue weighted by molar-refractivity contribution is 7.12. The van der Waals surface area contributed by atoms with E-state index in [2.05, 4.69) is 11.4 Å². The number of hydrogen-bond donors (Lipinski definition) is 1. The van der Waals surface area contributed by atoms with Gasteiger partial charge in [0.15, 0.2) is 0 Å². The number of carbonyl (C=O) groups is 2. The van der Waals surface area contributed by atoms with E-state index in [-0.39, 0.29) is 11.8 Å². The molecule has 0 radical (unpaired) electrons. The normalized spacial score (nSPS) is 13.4. The average Bonchev–Trinajstić information content (AvgIpc) is 3.09. The summed E-state index contributed by atoms with van der Waals surface area (Å²) >= 11 is 1.44. The maximum Gasteiger partial charge on any atom is 0.261 e. The van der Waals surface area contributed by atoms with Crippen LogP contribution in [0.4, 0.5) is 5.69 Å². The van der Waals surface area contributed by atoms with Crippen LogP contribution in [0.2, 0.25) is 0 Å². The molecule has 1 N–H and O–H groups in total. The van der Waals surface area contributed by atoms with Gasteiger partial charge < -0.3 is 10.2 Å². The summed E-state index contributed by atoms with van der Waals surface area (Å²) in [6.07, 6.45) is 1.24. The fourth-order valence-corrected chi connectivity index (χ4v) is 3.13. The van der Waals surface area contributed by atoms with Gasteiger partial charge in [-0.1, -0.05) is 18.2 Å². The van der Waals surface area contributed by atoms with E-state index in [0.717, 1.165) is 28.1 Å². The molecule has 0 fully saturated rings. The Labute approximate surface area is 127 Å². The Morgan fingerprint density at radius 2 is 2.24 bits per heavy atom. The monoisotopic (exact) mass is 300 g/mol. The highest BCUT2D eigenvalue weighted by Crippen LogP contribution is 2.28. The van der Waals surface area contributed by atoms with Gasteiger partial charge in [0.25, 0.3) is 5.91 Å². The van der Waals surface area contributed by atoms with Gasteiger partial charge in [0, 0.05) is 19.3 Å². The summed E-state index contributed by atoms with van der Waals surface area (Å²) < 4.78 is 0. The van der Waals surface area contributed by atoms with Crippen molar-refractivity contribution < 1.29 is 9.59 Å². The first-order valence-electron chi connectivity index (χ1n) is 6.85. The Morgan fingerprint density at radius 3 is 3.00 bits per heavy atom. The molecule has 2 amide bonds. The van der Waals surface area contributed by atoms with E-state index in [9.17, 15) is 9.59 Å². The van der Waals surface area contributed by atoms with Crippen molar-refractivity contribution in [2.75, 3.05) is 18.5 Å². The number of carbonyl (C=O) groups excluding carboxylic acids is 2. The molecular weight excluding hydrogens is 284 g/mol. The van der Waals surface area contributed by atoms with Crippen molar-refractivity contribution in [1.82, 2.24) is 5.32 Å². The molecule has 0 unspecified atom stereocenters. The van der Waals surface area contributed by atoms with Crippen LogP contribution in [0.5, 0.6) is 0 Å². The summed E-state index contributed by atoms with van der Waals surface area (Å²) in [7, 11) is 1.80. The average molecular weight is 300 g/mol. The lowest BCUT2D eigenvalue weighted by Crippen LogP contribution is -2.24. The van der Waals surface area contributed by atoms with Crippen molar-refractivity contribution in [1.29, 1.82) is 0 Å². The van der Waals surface area contributed by atoms with Crippen LogP contribution < -0.4 is 10.2 Å². The lowest BCUT2D eigenvalue weighted by molar-refractivity contribution is -0.117. The first-order valence-corrected chi connectivity index (χ1v) is 7.73. The molecule has 0 spiro atoms. The molecule has 3 rings (SSSR count). The van der Waals surface area contributed by atoms with Gasteiger partial charge in [-0.05, 0) is 35.1 Å². The van der Waals surface area contributed by atoms with Crippen LogP contribution in [-0.2, 0) is 17.6 Å². The molecule has 1 aromatic heterocycles. The van der Waals surface area contributed by atoms with Crippen molar-refractivity contribution in [3.63, 3.8) is 0 Å². The van der Waals surface area contributed by atoms with Crippen LogP contribution >= 0.6 is 11.3 Å². The third-order valence-corrected chi connectivity index (χ3v) is 4.53. The Morgan fingerprint density at radius 1 is 1.38 bits per heavy atom. The molecule has 2 aromatic rings. The molecule has 4 nitrogen and oxygen atoms in total. The Balaban J connectivity index is 1.58. The number of rotatable bonds is 4. The van der Waals surface area contributed by atoms with Crippen molar-refractivity contribution >= 4 is 28.8 Å². The minimum atomic E-state index is -0.0268. The van der Waals surface area contributed by atoms with E-state index in [1.807, 2.05) is 29.6 Å². The fourth-order valence-electron chi connectivity index (χ4n) is 2.49. The van der Waals surface area contributed by atoms with Gasteiger partial charge in [0.05, 0.1) is 11.3 Å². The zero-order valence-corrected chi connectivity index (χ0v) is 12.6. The molecular formula is C16H16N2O2S. The SMILES string of the molecule is CN1C(=O)Cc2cc(CCNC(=O)c3cccs3)ccc21. The Hall–Kier alpha value is -2.14. The lowest BCUT2D eigenvalue weighted by atomic mass is 10.1. The van der Waals surface area contributed by atoms with Crippen LogP contribution in [0.15, 0.2) is 35.7 Å². The van der Waals surface area contributed by atoms with Crippen molar-refractivity contribution in [3.8, 4) is 0 Å². The number of nitrogens with one attached hydrogen (secondary N) is 1. The highest BCUT2D eigenvalue weighted by atomic mass is 32.1. The molecule has 2 heterocycles. The molecule has 1 aromatic carbocycles. The van der Waals surface area contributed by atoms with Crippen LogP contribution in [0.25, 0.3) is 0 Å². The lowest BCUT2D eigenvalue weighted by Gasteiger charge is -2.10. The van der Waals surface area contributed by atoms with Crippen molar-refractivity contribution in [2.45, 2.75) is 12.8 Å². The first kappa shape index (κ1) is 13.8. The molecule has 108 valence electrons. The number of amides is 2. The second-order valence-corrected chi connectivity index (χ2v) is 6.02. The Kier molecular flexibility index (Phi) is 3.75. The number of likely N-dealkylation sites (N-methyl/N-ethyl adjacent to an activating group) is 1. The third kappa shape index (κ3) is 2.83. The molecule has 0 saturated heterocycles. The molecule has 0 aliphatic carbocycles. The van der Waals surface area contributed by atoms with Gasteiger partial charge in [0.1, 0.15) is 0 Å². The topological polar surface area (TPSA) is 49.4 Å². The standard InChI is InChI=1S/C16H16N2O2S/c1-18-13-5-4-11(9-12(13)10-15(18)19)6-7-17-16(20)14-3-2-8-21-14/h2-5,8-9H,6-7,10H2,1H3,(H,17,20).